The maximum atomic E-state index is 13.4. The lowest BCUT2D eigenvalue weighted by atomic mass is 10.0. The van der Waals surface area contributed by atoms with E-state index in [2.05, 4.69) is 15.5 Å². The van der Waals surface area contributed by atoms with Crippen molar-refractivity contribution in [2.75, 3.05) is 0 Å². The number of nitrogens with one attached hydrogen (secondary N) is 1. The van der Waals surface area contributed by atoms with Gasteiger partial charge in [0.25, 0.3) is 5.69 Å². The maximum Gasteiger partial charge on any atom is 0.269 e. The monoisotopic (exact) mass is 573 g/mol. The number of hydrogen-bond donors (Lipinski definition) is 1. The topological polar surface area (TPSA) is 103 Å². The summed E-state index contributed by atoms with van der Waals surface area (Å²) in [6.07, 6.45) is 6.67. The van der Waals surface area contributed by atoms with Crippen LogP contribution < -0.4 is 5.32 Å². The van der Waals surface area contributed by atoms with Crippen LogP contribution in [-0.4, -0.2) is 25.6 Å². The summed E-state index contributed by atoms with van der Waals surface area (Å²) in [4.78, 5) is 24.1. The molecule has 0 spiro atoms. The number of halogens is 1. The summed E-state index contributed by atoms with van der Waals surface area (Å²) in [6.45, 7) is 0. The van der Waals surface area contributed by atoms with Gasteiger partial charge >= 0.3 is 0 Å². The Bertz CT molecular complexity index is 1460. The molecular weight excluding hydrogens is 541 g/mol. The fraction of sp³-hybridized carbons (Fsp3) is 0.323. The highest BCUT2D eigenvalue weighted by Gasteiger charge is 2.26. The van der Waals surface area contributed by atoms with Gasteiger partial charge in [0.1, 0.15) is 5.82 Å². The Morgan fingerprint density at radius 1 is 1.00 bits per heavy atom. The Kier molecular flexibility index (Phi) is 9.40. The van der Waals surface area contributed by atoms with Crippen LogP contribution in [-0.2, 0) is 17.0 Å². The van der Waals surface area contributed by atoms with Crippen molar-refractivity contribution in [2.45, 2.75) is 61.9 Å². The number of nitro groups is 1. The molecule has 41 heavy (non-hydrogen) atoms. The van der Waals surface area contributed by atoms with E-state index in [1.54, 1.807) is 24.3 Å². The predicted octanol–water partition coefficient (Wildman–Crippen LogP) is 6.98. The van der Waals surface area contributed by atoms with E-state index in [0.717, 1.165) is 17.5 Å². The number of rotatable bonds is 12. The number of non-ortho nitro benzene ring substituents is 1. The Balaban J connectivity index is 1.46. The summed E-state index contributed by atoms with van der Waals surface area (Å²) in [6, 6.07) is 21.9. The molecule has 1 amide bonds. The largest absolute Gasteiger partial charge is 0.346 e. The second-order valence-corrected chi connectivity index (χ2v) is 11.3. The van der Waals surface area contributed by atoms with E-state index in [1.165, 1.54) is 61.7 Å². The van der Waals surface area contributed by atoms with E-state index in [9.17, 15) is 19.3 Å². The zero-order chi connectivity index (χ0) is 28.6. The van der Waals surface area contributed by atoms with Crippen LogP contribution in [0.15, 0.2) is 84.0 Å². The number of amides is 1. The number of aromatic nitrogens is 3. The van der Waals surface area contributed by atoms with Gasteiger partial charge in [0.15, 0.2) is 11.0 Å². The van der Waals surface area contributed by atoms with Gasteiger partial charge in [0.2, 0.25) is 5.91 Å². The van der Waals surface area contributed by atoms with Gasteiger partial charge in [-0.3, -0.25) is 19.5 Å². The molecule has 1 atom stereocenters. The first kappa shape index (κ1) is 28.5. The molecule has 5 rings (SSSR count). The third kappa shape index (κ3) is 7.58. The maximum absolute atomic E-state index is 13.4. The third-order valence-electron chi connectivity index (χ3n) is 7.44. The second-order valence-electron chi connectivity index (χ2n) is 10.4. The fourth-order valence-electron chi connectivity index (χ4n) is 5.25. The molecule has 1 aliphatic rings. The zero-order valence-electron chi connectivity index (χ0n) is 22.6. The van der Waals surface area contributed by atoms with Crippen molar-refractivity contribution in [1.29, 1.82) is 0 Å². The average Bonchev–Trinajstić information content (AvgIpc) is 3.66. The third-order valence-corrected chi connectivity index (χ3v) is 8.44. The molecule has 1 fully saturated rings. The van der Waals surface area contributed by atoms with Gasteiger partial charge in [0.05, 0.1) is 11.0 Å². The van der Waals surface area contributed by atoms with Gasteiger partial charge in [-0.1, -0.05) is 79.9 Å². The normalized spacial score (nSPS) is 14.2. The minimum Gasteiger partial charge on any atom is -0.346 e. The van der Waals surface area contributed by atoms with Crippen LogP contribution in [0.3, 0.4) is 0 Å². The van der Waals surface area contributed by atoms with Gasteiger partial charge in [0, 0.05) is 30.0 Å². The average molecular weight is 574 g/mol. The Hall–Kier alpha value is -4.05. The number of nitro benzene ring substituents is 1. The molecule has 0 aliphatic heterocycles. The fourth-order valence-corrected chi connectivity index (χ4v) is 6.17. The van der Waals surface area contributed by atoms with Crippen LogP contribution >= 0.6 is 11.8 Å². The highest BCUT2D eigenvalue weighted by molar-refractivity contribution is 7.98. The summed E-state index contributed by atoms with van der Waals surface area (Å²) < 4.78 is 15.3. The molecule has 1 heterocycles. The Morgan fingerprint density at radius 2 is 1.71 bits per heavy atom. The highest BCUT2D eigenvalue weighted by Crippen LogP contribution is 2.31. The molecule has 1 N–H and O–H groups in total. The predicted molar refractivity (Wildman–Crippen MR) is 156 cm³/mol. The number of nitrogens with zero attached hydrogens (tertiary/aromatic N) is 4. The second kappa shape index (κ2) is 13.5. The van der Waals surface area contributed by atoms with Crippen LogP contribution in [0.2, 0.25) is 0 Å². The molecule has 8 nitrogen and oxygen atoms in total. The van der Waals surface area contributed by atoms with E-state index >= 15 is 0 Å². The molecule has 212 valence electrons. The van der Waals surface area contributed by atoms with Crippen LogP contribution in [0.25, 0.3) is 5.69 Å². The first-order valence-electron chi connectivity index (χ1n) is 13.9. The van der Waals surface area contributed by atoms with E-state index < -0.39 is 11.0 Å². The highest BCUT2D eigenvalue weighted by atomic mass is 32.2. The lowest BCUT2D eigenvalue weighted by Gasteiger charge is -2.21. The van der Waals surface area contributed by atoms with Gasteiger partial charge < -0.3 is 5.32 Å². The minimum absolute atomic E-state index is 0.0232. The van der Waals surface area contributed by atoms with E-state index in [0.29, 0.717) is 41.2 Å². The molecule has 10 heteroatoms. The SMILES string of the molecule is O=C(CCC1CCCC1)NC(Cc1ccccc1)c1nnc(SCc2ccc(F)cc2)n1-c1ccc([N+](=O)[O-])cc1. The van der Waals surface area contributed by atoms with Gasteiger partial charge in [-0.15, -0.1) is 10.2 Å². The molecule has 4 aromatic rings. The Morgan fingerprint density at radius 3 is 2.39 bits per heavy atom. The van der Waals surface area contributed by atoms with Gasteiger partial charge in [-0.25, -0.2) is 4.39 Å². The molecule has 1 aromatic heterocycles. The molecule has 3 aromatic carbocycles. The number of benzene rings is 3. The molecular formula is C31H32FN5O3S. The van der Waals surface area contributed by atoms with Crippen LogP contribution in [0, 0.1) is 21.8 Å². The lowest BCUT2D eigenvalue weighted by molar-refractivity contribution is -0.384. The molecule has 0 saturated heterocycles. The summed E-state index contributed by atoms with van der Waals surface area (Å²) in [5, 5.41) is 24.1. The summed E-state index contributed by atoms with van der Waals surface area (Å²) in [7, 11) is 0. The first-order valence-corrected chi connectivity index (χ1v) is 14.9. The molecule has 1 saturated carbocycles. The summed E-state index contributed by atoms with van der Waals surface area (Å²) in [5.74, 6) is 1.33. The van der Waals surface area contributed by atoms with Crippen molar-refractivity contribution >= 4 is 23.4 Å². The van der Waals surface area contributed by atoms with Crippen LogP contribution in [0.1, 0.15) is 61.5 Å². The summed E-state index contributed by atoms with van der Waals surface area (Å²) >= 11 is 1.42. The number of thioether (sulfide) groups is 1. The van der Waals surface area contributed by atoms with Gasteiger partial charge in [-0.05, 0) is 54.2 Å². The molecule has 1 unspecified atom stereocenters. The van der Waals surface area contributed by atoms with Crippen molar-refractivity contribution in [3.8, 4) is 5.69 Å². The molecule has 1 aliphatic carbocycles. The van der Waals surface area contributed by atoms with E-state index in [4.69, 9.17) is 0 Å². The van der Waals surface area contributed by atoms with Crippen molar-refractivity contribution in [1.82, 2.24) is 20.1 Å². The van der Waals surface area contributed by atoms with E-state index in [-0.39, 0.29) is 17.4 Å². The number of hydrogen-bond acceptors (Lipinski definition) is 6. The van der Waals surface area contributed by atoms with E-state index in [1.807, 2.05) is 34.9 Å². The van der Waals surface area contributed by atoms with Crippen molar-refractivity contribution in [3.63, 3.8) is 0 Å². The van der Waals surface area contributed by atoms with Crippen molar-refractivity contribution < 1.29 is 14.1 Å². The lowest BCUT2D eigenvalue weighted by Crippen LogP contribution is -2.32. The zero-order valence-corrected chi connectivity index (χ0v) is 23.4. The summed E-state index contributed by atoms with van der Waals surface area (Å²) in [5.41, 5.74) is 2.57. The van der Waals surface area contributed by atoms with Crippen molar-refractivity contribution in [2.24, 2.45) is 5.92 Å². The van der Waals surface area contributed by atoms with Crippen molar-refractivity contribution in [3.05, 3.63) is 112 Å². The van der Waals surface area contributed by atoms with Crippen LogP contribution in [0.5, 0.6) is 0 Å². The number of carbonyl (C=O) groups is 1. The molecule has 0 radical (unpaired) electrons. The molecule has 0 bridgehead atoms. The number of carbonyl (C=O) groups excluding carboxylic acids is 1. The van der Waals surface area contributed by atoms with Crippen LogP contribution in [0.4, 0.5) is 10.1 Å². The smallest absolute Gasteiger partial charge is 0.269 e. The first-order chi connectivity index (χ1) is 20.0. The minimum atomic E-state index is -0.476. The quantitative estimate of drug-likeness (QED) is 0.111. The Labute approximate surface area is 242 Å². The van der Waals surface area contributed by atoms with Gasteiger partial charge in [-0.2, -0.15) is 0 Å². The standard InChI is InChI=1S/C31H32FN5O3S/c32-25-13-10-24(11-14-25)21-41-31-35-34-30(36(31)26-15-17-27(18-16-26)37(39)40)28(20-23-8-2-1-3-9-23)33-29(38)19-12-22-6-4-5-7-22/h1-3,8-11,13-18,22,28H,4-7,12,19-21H2,(H,33,38).